The number of fused-ring (bicyclic) bond motifs is 1. The average Bonchev–Trinajstić information content (AvgIpc) is 2.84. The molecule has 3 heteroatoms. The van der Waals surface area contributed by atoms with Gasteiger partial charge in [-0.2, -0.15) is 0 Å². The Balaban J connectivity index is 1.75. The van der Waals surface area contributed by atoms with Gasteiger partial charge in [-0.3, -0.25) is 0 Å². The lowest BCUT2D eigenvalue weighted by molar-refractivity contribution is 0.766. The second-order valence-electron chi connectivity index (χ2n) is 7.93. The highest BCUT2D eigenvalue weighted by Gasteiger charge is 2.16. The van der Waals surface area contributed by atoms with Crippen molar-refractivity contribution in [3.8, 4) is 33.9 Å². The number of rotatable bonds is 4. The fourth-order valence-electron chi connectivity index (χ4n) is 3.86. The molecule has 0 N–H and O–H groups in total. The summed E-state index contributed by atoms with van der Waals surface area (Å²) in [5.74, 6) is 2.42. The van der Waals surface area contributed by atoms with E-state index in [2.05, 4.69) is 98.8 Å². The quantitative estimate of drug-likeness (QED) is 0.321. The van der Waals surface area contributed by atoms with E-state index in [0.29, 0.717) is 11.6 Å². The van der Waals surface area contributed by atoms with Crippen molar-refractivity contribution in [1.29, 1.82) is 0 Å². The van der Waals surface area contributed by atoms with Gasteiger partial charge in [-0.05, 0) is 21.9 Å². The lowest BCUT2D eigenvalue weighted by Gasteiger charge is -2.13. The van der Waals surface area contributed by atoms with Crippen molar-refractivity contribution in [3.05, 3.63) is 103 Å². The van der Waals surface area contributed by atoms with Gasteiger partial charge in [-0.1, -0.05) is 111 Å². The fourth-order valence-corrected chi connectivity index (χ4v) is 3.86. The Hall–Kier alpha value is -3.85. The molecule has 5 aromatic rings. The van der Waals surface area contributed by atoms with Gasteiger partial charge in [-0.25, -0.2) is 15.0 Å². The van der Waals surface area contributed by atoms with Crippen LogP contribution >= 0.6 is 0 Å². The summed E-state index contributed by atoms with van der Waals surface area (Å²) < 4.78 is 0. The first kappa shape index (κ1) is 19.1. The molecule has 0 unspecified atom stereocenters. The molecule has 5 rings (SSSR count). The summed E-state index contributed by atoms with van der Waals surface area (Å²) in [5, 5.41) is 2.32. The molecule has 0 amide bonds. The Kier molecular flexibility index (Phi) is 5.01. The summed E-state index contributed by atoms with van der Waals surface area (Å²) in [7, 11) is 0. The van der Waals surface area contributed by atoms with E-state index in [1.807, 2.05) is 12.1 Å². The van der Waals surface area contributed by atoms with Crippen LogP contribution in [0.2, 0.25) is 0 Å². The van der Waals surface area contributed by atoms with Gasteiger partial charge in [-0.15, -0.1) is 0 Å². The van der Waals surface area contributed by atoms with E-state index in [-0.39, 0.29) is 5.92 Å². The molecular weight excluding hydrogens is 378 g/mol. The molecular formula is C28H23N3. The zero-order valence-corrected chi connectivity index (χ0v) is 17.7. The molecule has 31 heavy (non-hydrogen) atoms. The third-order valence-corrected chi connectivity index (χ3v) is 5.45. The van der Waals surface area contributed by atoms with Gasteiger partial charge >= 0.3 is 0 Å². The Morgan fingerprint density at radius 1 is 0.516 bits per heavy atom. The molecule has 1 heterocycles. The van der Waals surface area contributed by atoms with Crippen molar-refractivity contribution in [3.63, 3.8) is 0 Å². The van der Waals surface area contributed by atoms with Crippen LogP contribution in [0.5, 0.6) is 0 Å². The molecule has 0 fully saturated rings. The highest BCUT2D eigenvalue weighted by Crippen LogP contribution is 2.33. The number of nitrogens with zero attached hydrogens (tertiary/aromatic N) is 3. The molecule has 0 atom stereocenters. The van der Waals surface area contributed by atoms with Gasteiger partial charge in [0, 0.05) is 17.0 Å². The first-order valence-electron chi connectivity index (χ1n) is 10.6. The maximum absolute atomic E-state index is 4.97. The number of benzene rings is 4. The summed E-state index contributed by atoms with van der Waals surface area (Å²) in [6.07, 6.45) is 0. The minimum atomic E-state index is 0.194. The predicted molar refractivity (Wildman–Crippen MR) is 128 cm³/mol. The fraction of sp³-hybridized carbons (Fsp3) is 0.107. The molecule has 0 spiro atoms. The van der Waals surface area contributed by atoms with E-state index in [9.17, 15) is 0 Å². The Bertz CT molecular complexity index is 1350. The van der Waals surface area contributed by atoms with Crippen LogP contribution in [-0.2, 0) is 0 Å². The third-order valence-electron chi connectivity index (χ3n) is 5.45. The molecule has 0 saturated heterocycles. The zero-order valence-electron chi connectivity index (χ0n) is 17.7. The maximum atomic E-state index is 4.97. The molecule has 4 aromatic carbocycles. The first-order chi connectivity index (χ1) is 15.2. The predicted octanol–water partition coefficient (Wildman–Crippen LogP) is 7.15. The van der Waals surface area contributed by atoms with Crippen molar-refractivity contribution in [2.24, 2.45) is 0 Å². The zero-order chi connectivity index (χ0) is 21.2. The molecule has 0 saturated carbocycles. The number of hydrogen-bond donors (Lipinski definition) is 0. The molecule has 0 aliphatic rings. The van der Waals surface area contributed by atoms with E-state index >= 15 is 0 Å². The Morgan fingerprint density at radius 3 is 1.87 bits per heavy atom. The van der Waals surface area contributed by atoms with Crippen LogP contribution in [0.1, 0.15) is 25.6 Å². The van der Waals surface area contributed by atoms with E-state index < -0.39 is 0 Å². The van der Waals surface area contributed by atoms with Crippen molar-refractivity contribution >= 4 is 10.8 Å². The van der Waals surface area contributed by atoms with Gasteiger partial charge < -0.3 is 0 Å². The lowest BCUT2D eigenvalue weighted by atomic mass is 9.99. The van der Waals surface area contributed by atoms with Gasteiger partial charge in [0.25, 0.3) is 0 Å². The molecule has 3 nitrogen and oxygen atoms in total. The maximum Gasteiger partial charge on any atom is 0.164 e. The van der Waals surface area contributed by atoms with E-state index in [0.717, 1.165) is 33.5 Å². The number of hydrogen-bond acceptors (Lipinski definition) is 3. The van der Waals surface area contributed by atoms with Crippen molar-refractivity contribution in [2.75, 3.05) is 0 Å². The summed E-state index contributed by atoms with van der Waals surface area (Å²) >= 11 is 0. The van der Waals surface area contributed by atoms with E-state index in [4.69, 9.17) is 15.0 Å². The molecule has 0 aliphatic carbocycles. The summed E-state index contributed by atoms with van der Waals surface area (Å²) in [6.45, 7) is 4.24. The van der Waals surface area contributed by atoms with E-state index in [1.165, 1.54) is 5.39 Å². The smallest absolute Gasteiger partial charge is 0.164 e. The van der Waals surface area contributed by atoms with Crippen LogP contribution < -0.4 is 0 Å². The average molecular weight is 402 g/mol. The van der Waals surface area contributed by atoms with Crippen LogP contribution in [0, 0.1) is 0 Å². The largest absolute Gasteiger partial charge is 0.213 e. The van der Waals surface area contributed by atoms with Crippen molar-refractivity contribution < 1.29 is 0 Å². The van der Waals surface area contributed by atoms with Crippen LogP contribution in [0.25, 0.3) is 44.7 Å². The first-order valence-corrected chi connectivity index (χ1v) is 10.6. The molecule has 0 aliphatic heterocycles. The molecule has 0 bridgehead atoms. The minimum Gasteiger partial charge on any atom is -0.213 e. The van der Waals surface area contributed by atoms with Crippen molar-refractivity contribution in [2.45, 2.75) is 19.8 Å². The van der Waals surface area contributed by atoms with Crippen LogP contribution in [0.4, 0.5) is 0 Å². The van der Waals surface area contributed by atoms with Crippen LogP contribution in [-0.4, -0.2) is 15.0 Å². The minimum absolute atomic E-state index is 0.194. The Labute approximate surface area is 182 Å². The second-order valence-corrected chi connectivity index (χ2v) is 7.93. The van der Waals surface area contributed by atoms with Crippen LogP contribution in [0.15, 0.2) is 97.1 Å². The van der Waals surface area contributed by atoms with Gasteiger partial charge in [0.15, 0.2) is 11.6 Å². The van der Waals surface area contributed by atoms with Crippen LogP contribution in [0.3, 0.4) is 0 Å². The summed E-state index contributed by atoms with van der Waals surface area (Å²) in [4.78, 5) is 14.7. The van der Waals surface area contributed by atoms with E-state index in [1.54, 1.807) is 0 Å². The van der Waals surface area contributed by atoms with Gasteiger partial charge in [0.05, 0.1) is 0 Å². The topological polar surface area (TPSA) is 38.7 Å². The highest BCUT2D eigenvalue weighted by atomic mass is 15.0. The third kappa shape index (κ3) is 3.71. The summed E-state index contributed by atoms with van der Waals surface area (Å²) in [5.41, 5.74) is 4.31. The SMILES string of the molecule is CC(C)c1nc(-c2ccccc2-c2ccccc2)nc(-c2cccc3ccccc23)n1. The normalized spacial score (nSPS) is 11.2. The highest BCUT2D eigenvalue weighted by molar-refractivity contribution is 5.95. The summed E-state index contributed by atoms with van der Waals surface area (Å²) in [6, 6.07) is 33.3. The van der Waals surface area contributed by atoms with Gasteiger partial charge in [0.2, 0.25) is 0 Å². The standard InChI is InChI=1S/C28H23N3/c1-19(2)26-29-27(24-17-9-8-16-22(24)20-11-4-3-5-12-20)31-28(30-26)25-18-10-14-21-13-6-7-15-23(21)25/h3-19H,1-2H3. The number of aromatic nitrogens is 3. The molecule has 0 radical (unpaired) electrons. The molecule has 150 valence electrons. The molecule has 1 aromatic heterocycles. The van der Waals surface area contributed by atoms with Gasteiger partial charge in [0.1, 0.15) is 5.82 Å². The lowest BCUT2D eigenvalue weighted by Crippen LogP contribution is -2.05. The Morgan fingerprint density at radius 2 is 1.10 bits per heavy atom. The van der Waals surface area contributed by atoms with Crippen molar-refractivity contribution in [1.82, 2.24) is 15.0 Å². The monoisotopic (exact) mass is 401 g/mol. The second kappa shape index (κ2) is 8.11.